The van der Waals surface area contributed by atoms with Crippen LogP contribution in [0.3, 0.4) is 0 Å². The molecule has 0 radical (unpaired) electrons. The lowest BCUT2D eigenvalue weighted by molar-refractivity contribution is -0.133. The molecule has 0 bridgehead atoms. The summed E-state index contributed by atoms with van der Waals surface area (Å²) in [5, 5.41) is 2.77. The number of esters is 1. The van der Waals surface area contributed by atoms with Crippen molar-refractivity contribution in [1.29, 1.82) is 0 Å². The van der Waals surface area contributed by atoms with E-state index in [4.69, 9.17) is 14.2 Å². The molecule has 0 spiro atoms. The molecule has 0 atom stereocenters. The minimum Gasteiger partial charge on any atom is -0.493 e. The van der Waals surface area contributed by atoms with Crippen LogP contribution < -0.4 is 14.8 Å². The van der Waals surface area contributed by atoms with Gasteiger partial charge in [-0.1, -0.05) is 26.8 Å². The number of carbonyl (C=O) groups is 3. The van der Waals surface area contributed by atoms with Crippen molar-refractivity contribution in [3.05, 3.63) is 29.5 Å². The molecule has 2 aliphatic carbocycles. The van der Waals surface area contributed by atoms with Gasteiger partial charge < -0.3 is 24.4 Å². The van der Waals surface area contributed by atoms with Crippen molar-refractivity contribution in [2.75, 3.05) is 26.1 Å². The zero-order valence-corrected chi connectivity index (χ0v) is 20.2. The summed E-state index contributed by atoms with van der Waals surface area (Å²) in [6.45, 7) is 4.94. The van der Waals surface area contributed by atoms with Gasteiger partial charge in [0.1, 0.15) is 0 Å². The number of nitrogens with zero attached hydrogens (tertiary/aromatic N) is 1. The van der Waals surface area contributed by atoms with Crippen LogP contribution in [0.15, 0.2) is 23.9 Å². The first-order valence-corrected chi connectivity index (χ1v) is 11.4. The Morgan fingerprint density at radius 1 is 1.06 bits per heavy atom. The molecule has 2 amide bonds. The summed E-state index contributed by atoms with van der Waals surface area (Å²) in [6.07, 6.45) is 8.09. The number of hydrogen-bond donors (Lipinski definition) is 1. The Kier molecular flexibility index (Phi) is 7.66. The van der Waals surface area contributed by atoms with E-state index in [0.29, 0.717) is 11.5 Å². The molecule has 2 aliphatic rings. The minimum atomic E-state index is -0.720. The van der Waals surface area contributed by atoms with E-state index in [2.05, 4.69) is 11.4 Å². The van der Waals surface area contributed by atoms with Gasteiger partial charge in [0.05, 0.1) is 25.5 Å². The van der Waals surface area contributed by atoms with Gasteiger partial charge in [-0.05, 0) is 38.5 Å². The second kappa shape index (κ2) is 10.3. The third-order valence-corrected chi connectivity index (χ3v) is 5.76. The number of anilines is 1. The van der Waals surface area contributed by atoms with Crippen LogP contribution in [0.2, 0.25) is 0 Å². The number of amides is 2. The lowest BCUT2D eigenvalue weighted by Gasteiger charge is -2.27. The van der Waals surface area contributed by atoms with Crippen LogP contribution in [0.4, 0.5) is 5.69 Å². The van der Waals surface area contributed by atoms with Crippen molar-refractivity contribution < 1.29 is 28.6 Å². The van der Waals surface area contributed by atoms with Crippen LogP contribution in [0.5, 0.6) is 11.5 Å². The molecule has 0 aliphatic heterocycles. The first-order valence-electron chi connectivity index (χ1n) is 11.4. The van der Waals surface area contributed by atoms with Gasteiger partial charge in [-0.25, -0.2) is 4.79 Å². The van der Waals surface area contributed by atoms with Gasteiger partial charge >= 0.3 is 5.97 Å². The van der Waals surface area contributed by atoms with E-state index < -0.39 is 11.4 Å². The largest absolute Gasteiger partial charge is 0.493 e. The van der Waals surface area contributed by atoms with Crippen molar-refractivity contribution in [3.8, 4) is 11.5 Å². The van der Waals surface area contributed by atoms with Gasteiger partial charge in [-0.15, -0.1) is 0 Å². The Morgan fingerprint density at radius 3 is 2.27 bits per heavy atom. The second-order valence-corrected chi connectivity index (χ2v) is 9.47. The number of carbonyl (C=O) groups excluding carboxylic acids is 3. The second-order valence-electron chi connectivity index (χ2n) is 9.47. The van der Waals surface area contributed by atoms with Crippen LogP contribution in [0, 0.1) is 5.41 Å². The van der Waals surface area contributed by atoms with Gasteiger partial charge in [-0.3, -0.25) is 9.59 Å². The lowest BCUT2D eigenvalue weighted by Crippen LogP contribution is -2.36. The van der Waals surface area contributed by atoms with E-state index in [1.54, 1.807) is 20.8 Å². The van der Waals surface area contributed by atoms with Gasteiger partial charge in [0.25, 0.3) is 5.91 Å². The van der Waals surface area contributed by atoms with E-state index in [1.165, 1.54) is 26.4 Å². The molecule has 1 fully saturated rings. The molecule has 1 N–H and O–H groups in total. The van der Waals surface area contributed by atoms with Gasteiger partial charge in [-0.2, -0.15) is 0 Å². The van der Waals surface area contributed by atoms with E-state index in [0.717, 1.165) is 44.2 Å². The quantitative estimate of drug-likeness (QED) is 0.584. The summed E-state index contributed by atoms with van der Waals surface area (Å²) in [5.41, 5.74) is 0.684. The molecular weight excluding hydrogens is 424 g/mol. The molecule has 0 heterocycles. The van der Waals surface area contributed by atoms with Crippen LogP contribution in [0.25, 0.3) is 0 Å². The number of hydrogen-bond acceptors (Lipinski definition) is 6. The van der Waals surface area contributed by atoms with E-state index in [1.807, 2.05) is 4.90 Å². The third-order valence-electron chi connectivity index (χ3n) is 5.76. The van der Waals surface area contributed by atoms with Crippen LogP contribution in [0.1, 0.15) is 69.7 Å². The minimum absolute atomic E-state index is 0.0907. The lowest BCUT2D eigenvalue weighted by atomic mass is 9.95. The van der Waals surface area contributed by atoms with Crippen molar-refractivity contribution >= 4 is 23.5 Å². The van der Waals surface area contributed by atoms with Crippen molar-refractivity contribution in [3.63, 3.8) is 0 Å². The highest BCUT2D eigenvalue weighted by Gasteiger charge is 2.35. The van der Waals surface area contributed by atoms with Crippen molar-refractivity contribution in [1.82, 2.24) is 4.90 Å². The molecule has 0 saturated heterocycles. The fraction of sp³-hybridized carbons (Fsp3) is 0.560. The first-order chi connectivity index (χ1) is 15.7. The molecule has 0 unspecified atom stereocenters. The standard InChI is InChI=1S/C25H34N2O6/c1-25(2,3)24(30)26-19-14-21(32-5)20(31-4)13-18(19)23(29)33-15-22(28)27(17-11-12-17)16-9-7-6-8-10-16/h9,13-14,17H,6-8,10-12,15H2,1-5H3,(H,26,30). The highest BCUT2D eigenvalue weighted by Crippen LogP contribution is 2.36. The fourth-order valence-corrected chi connectivity index (χ4v) is 3.71. The molecule has 1 aromatic rings. The number of ether oxygens (including phenoxy) is 3. The van der Waals surface area contributed by atoms with Gasteiger partial charge in [0.15, 0.2) is 18.1 Å². The molecular formula is C25H34N2O6. The Morgan fingerprint density at radius 2 is 1.73 bits per heavy atom. The molecule has 180 valence electrons. The van der Waals surface area contributed by atoms with Gasteiger partial charge in [0.2, 0.25) is 5.91 Å². The maximum atomic E-state index is 13.0. The van der Waals surface area contributed by atoms with Crippen molar-refractivity contribution in [2.45, 2.75) is 65.3 Å². The maximum Gasteiger partial charge on any atom is 0.340 e. The zero-order valence-electron chi connectivity index (χ0n) is 20.2. The van der Waals surface area contributed by atoms with Crippen LogP contribution in [-0.2, 0) is 14.3 Å². The van der Waals surface area contributed by atoms with E-state index in [-0.39, 0.29) is 35.7 Å². The highest BCUT2D eigenvalue weighted by atomic mass is 16.5. The zero-order chi connectivity index (χ0) is 24.2. The summed E-state index contributed by atoms with van der Waals surface area (Å²) in [4.78, 5) is 40.4. The number of benzene rings is 1. The Bertz CT molecular complexity index is 943. The number of methoxy groups -OCH3 is 2. The average molecular weight is 459 g/mol. The molecule has 8 nitrogen and oxygen atoms in total. The predicted molar refractivity (Wildman–Crippen MR) is 124 cm³/mol. The fourth-order valence-electron chi connectivity index (χ4n) is 3.71. The predicted octanol–water partition coefficient (Wildman–Crippen LogP) is 4.29. The molecule has 33 heavy (non-hydrogen) atoms. The molecule has 0 aromatic heterocycles. The Labute approximate surface area is 195 Å². The summed E-state index contributed by atoms with van der Waals surface area (Å²) in [5.74, 6) is -0.541. The van der Waals surface area contributed by atoms with Crippen molar-refractivity contribution in [2.24, 2.45) is 5.41 Å². The van der Waals surface area contributed by atoms with Crippen LogP contribution >= 0.6 is 0 Å². The third kappa shape index (κ3) is 6.06. The van der Waals surface area contributed by atoms with Crippen LogP contribution in [-0.4, -0.2) is 49.6 Å². The summed E-state index contributed by atoms with van der Waals surface area (Å²) in [6, 6.07) is 3.17. The molecule has 3 rings (SSSR count). The monoisotopic (exact) mass is 458 g/mol. The Balaban J connectivity index is 1.79. The molecule has 8 heteroatoms. The van der Waals surface area contributed by atoms with Gasteiger partial charge in [0, 0.05) is 29.3 Å². The highest BCUT2D eigenvalue weighted by molar-refractivity contribution is 6.04. The van der Waals surface area contributed by atoms with E-state index in [9.17, 15) is 14.4 Å². The van der Waals surface area contributed by atoms with E-state index >= 15 is 0 Å². The SMILES string of the molecule is COc1cc(NC(=O)C(C)(C)C)c(C(=O)OCC(=O)N(C2=CCCCC2)C2CC2)cc1OC. The summed E-state index contributed by atoms with van der Waals surface area (Å²) >= 11 is 0. The maximum absolute atomic E-state index is 13.0. The number of nitrogens with one attached hydrogen (secondary N) is 1. The molecule has 1 aromatic carbocycles. The normalized spacial score (nSPS) is 15.8. The summed E-state index contributed by atoms with van der Waals surface area (Å²) in [7, 11) is 2.92. The summed E-state index contributed by atoms with van der Waals surface area (Å²) < 4.78 is 16.0. The Hall–Kier alpha value is -3.03. The molecule has 1 saturated carbocycles. The smallest absolute Gasteiger partial charge is 0.340 e. The number of allylic oxidation sites excluding steroid dienone is 2. The average Bonchev–Trinajstić information content (AvgIpc) is 3.62. The topological polar surface area (TPSA) is 94.2 Å². The number of rotatable bonds is 8. The first kappa shape index (κ1) is 24.6.